The topological polar surface area (TPSA) is 36.3 Å². The summed E-state index contributed by atoms with van der Waals surface area (Å²) in [4.78, 5) is 4.24. The highest BCUT2D eigenvalue weighted by Gasteiger charge is 2.10. The second kappa shape index (κ2) is 3.77. The fraction of sp³-hybridized carbons (Fsp3) is 0.300. The van der Waals surface area contributed by atoms with Crippen molar-refractivity contribution < 1.29 is 9.47 Å². The minimum atomic E-state index is -0.414. The summed E-state index contributed by atoms with van der Waals surface area (Å²) in [7, 11) is 3.20. The number of benzene rings is 1. The molecule has 0 atom stereocenters. The summed E-state index contributed by atoms with van der Waals surface area (Å²) >= 11 is 0. The maximum Gasteiger partial charge on any atom is 0.245 e. The molecule has 0 aliphatic rings. The lowest BCUT2D eigenvalue weighted by Crippen LogP contribution is -2.11. The number of rotatable bonds is 3. The predicted octanol–water partition coefficient (Wildman–Crippen LogP) is 1.79. The highest BCUT2D eigenvalue weighted by Crippen LogP contribution is 2.17. The standard InChI is InChI=1S/C10H12N2O2/c1-13-10(14-2)12-7-11-8-5-3-4-6-9(8)12/h3-7,10H,1-2H3. The summed E-state index contributed by atoms with van der Waals surface area (Å²) in [6.45, 7) is 0. The van der Waals surface area contributed by atoms with Crippen molar-refractivity contribution in [3.05, 3.63) is 30.6 Å². The Hall–Kier alpha value is -1.39. The number of para-hydroxylation sites is 2. The quantitative estimate of drug-likeness (QED) is 0.695. The molecule has 2 aromatic rings. The smallest absolute Gasteiger partial charge is 0.245 e. The minimum absolute atomic E-state index is 0.414. The van der Waals surface area contributed by atoms with Crippen LogP contribution in [0.4, 0.5) is 0 Å². The normalized spacial score (nSPS) is 11.4. The summed E-state index contributed by atoms with van der Waals surface area (Å²) in [5.74, 6) is 0. The van der Waals surface area contributed by atoms with Gasteiger partial charge in [0.1, 0.15) is 0 Å². The van der Waals surface area contributed by atoms with Gasteiger partial charge < -0.3 is 9.47 Å². The molecule has 0 saturated carbocycles. The molecule has 0 radical (unpaired) electrons. The van der Waals surface area contributed by atoms with Crippen LogP contribution in [0.15, 0.2) is 30.6 Å². The van der Waals surface area contributed by atoms with Crippen molar-refractivity contribution in [3.63, 3.8) is 0 Å². The Balaban J connectivity index is 2.51. The zero-order valence-electron chi connectivity index (χ0n) is 8.18. The van der Waals surface area contributed by atoms with Gasteiger partial charge in [0.05, 0.1) is 17.4 Å². The van der Waals surface area contributed by atoms with E-state index in [1.165, 1.54) is 0 Å². The van der Waals surface area contributed by atoms with Crippen LogP contribution >= 0.6 is 0 Å². The van der Waals surface area contributed by atoms with Gasteiger partial charge in [-0.25, -0.2) is 4.98 Å². The van der Waals surface area contributed by atoms with Crippen molar-refractivity contribution in [2.24, 2.45) is 0 Å². The lowest BCUT2D eigenvalue weighted by Gasteiger charge is -2.14. The molecule has 1 aromatic carbocycles. The van der Waals surface area contributed by atoms with Gasteiger partial charge in [0.2, 0.25) is 6.41 Å². The van der Waals surface area contributed by atoms with Gasteiger partial charge in [0.25, 0.3) is 0 Å². The first-order valence-electron chi connectivity index (χ1n) is 4.34. The Labute approximate surface area is 82.1 Å². The number of imidazole rings is 1. The number of hydrogen-bond donors (Lipinski definition) is 0. The van der Waals surface area contributed by atoms with Crippen molar-refractivity contribution in [2.45, 2.75) is 6.41 Å². The van der Waals surface area contributed by atoms with E-state index in [4.69, 9.17) is 9.47 Å². The number of fused-ring (bicyclic) bond motifs is 1. The first kappa shape index (κ1) is 9.18. The number of aromatic nitrogens is 2. The number of methoxy groups -OCH3 is 2. The van der Waals surface area contributed by atoms with E-state index < -0.39 is 6.41 Å². The molecule has 0 spiro atoms. The minimum Gasteiger partial charge on any atom is -0.338 e. The molecule has 0 bridgehead atoms. The highest BCUT2D eigenvalue weighted by molar-refractivity contribution is 5.74. The molecule has 1 heterocycles. The van der Waals surface area contributed by atoms with Crippen LogP contribution in [-0.2, 0) is 9.47 Å². The van der Waals surface area contributed by atoms with E-state index in [1.807, 2.05) is 28.8 Å². The molecule has 0 saturated heterocycles. The second-order valence-corrected chi connectivity index (χ2v) is 2.92. The van der Waals surface area contributed by atoms with Gasteiger partial charge in [-0.3, -0.25) is 4.57 Å². The van der Waals surface area contributed by atoms with Crippen LogP contribution in [0.1, 0.15) is 6.41 Å². The molecule has 0 N–H and O–H groups in total. The van der Waals surface area contributed by atoms with Gasteiger partial charge in [-0.1, -0.05) is 12.1 Å². The van der Waals surface area contributed by atoms with E-state index in [-0.39, 0.29) is 0 Å². The summed E-state index contributed by atoms with van der Waals surface area (Å²) < 4.78 is 12.1. The second-order valence-electron chi connectivity index (χ2n) is 2.92. The summed E-state index contributed by atoms with van der Waals surface area (Å²) in [6.07, 6.45) is 1.30. The van der Waals surface area contributed by atoms with Gasteiger partial charge in [-0.2, -0.15) is 0 Å². The van der Waals surface area contributed by atoms with Gasteiger partial charge in [-0.05, 0) is 12.1 Å². The maximum absolute atomic E-state index is 5.15. The Morgan fingerprint density at radius 2 is 1.93 bits per heavy atom. The van der Waals surface area contributed by atoms with Gasteiger partial charge in [0.15, 0.2) is 0 Å². The number of ether oxygens (including phenoxy) is 2. The van der Waals surface area contributed by atoms with Crippen molar-refractivity contribution in [1.82, 2.24) is 9.55 Å². The van der Waals surface area contributed by atoms with Gasteiger partial charge >= 0.3 is 0 Å². The van der Waals surface area contributed by atoms with Crippen molar-refractivity contribution in [1.29, 1.82) is 0 Å². The van der Waals surface area contributed by atoms with Crippen LogP contribution in [0.5, 0.6) is 0 Å². The SMILES string of the molecule is COC(OC)n1cnc2ccccc21. The van der Waals surface area contributed by atoms with Crippen LogP contribution in [-0.4, -0.2) is 23.8 Å². The fourth-order valence-electron chi connectivity index (χ4n) is 1.47. The third-order valence-electron chi connectivity index (χ3n) is 2.11. The monoisotopic (exact) mass is 192 g/mol. The van der Waals surface area contributed by atoms with Crippen LogP contribution in [0, 0.1) is 0 Å². The highest BCUT2D eigenvalue weighted by atomic mass is 16.7. The van der Waals surface area contributed by atoms with Crippen molar-refractivity contribution >= 4 is 11.0 Å². The average molecular weight is 192 g/mol. The largest absolute Gasteiger partial charge is 0.338 e. The first-order chi connectivity index (χ1) is 6.86. The predicted molar refractivity (Wildman–Crippen MR) is 52.8 cm³/mol. The fourth-order valence-corrected chi connectivity index (χ4v) is 1.47. The van der Waals surface area contributed by atoms with E-state index in [0.29, 0.717) is 0 Å². The molecule has 0 unspecified atom stereocenters. The summed E-state index contributed by atoms with van der Waals surface area (Å²) in [5.41, 5.74) is 1.94. The molecule has 0 amide bonds. The van der Waals surface area contributed by atoms with E-state index in [0.717, 1.165) is 11.0 Å². The number of nitrogens with zero attached hydrogens (tertiary/aromatic N) is 2. The van der Waals surface area contributed by atoms with Gasteiger partial charge in [0, 0.05) is 14.2 Å². The Kier molecular flexibility index (Phi) is 2.47. The Morgan fingerprint density at radius 1 is 1.21 bits per heavy atom. The van der Waals surface area contributed by atoms with E-state index in [1.54, 1.807) is 20.5 Å². The zero-order valence-corrected chi connectivity index (χ0v) is 8.18. The molecule has 4 heteroatoms. The molecular weight excluding hydrogens is 180 g/mol. The third-order valence-corrected chi connectivity index (χ3v) is 2.11. The van der Waals surface area contributed by atoms with E-state index in [2.05, 4.69) is 4.98 Å². The van der Waals surface area contributed by atoms with E-state index in [9.17, 15) is 0 Å². The molecule has 0 aliphatic heterocycles. The van der Waals surface area contributed by atoms with Crippen molar-refractivity contribution in [2.75, 3.05) is 14.2 Å². The summed E-state index contributed by atoms with van der Waals surface area (Å²) in [6, 6.07) is 7.85. The third kappa shape index (κ3) is 1.38. The molecule has 74 valence electrons. The summed E-state index contributed by atoms with van der Waals surface area (Å²) in [5, 5.41) is 0. The molecular formula is C10H12N2O2. The van der Waals surface area contributed by atoms with Crippen LogP contribution in [0.2, 0.25) is 0 Å². The number of hydrogen-bond acceptors (Lipinski definition) is 3. The van der Waals surface area contributed by atoms with Crippen molar-refractivity contribution in [3.8, 4) is 0 Å². The van der Waals surface area contributed by atoms with E-state index >= 15 is 0 Å². The lowest BCUT2D eigenvalue weighted by atomic mass is 10.3. The maximum atomic E-state index is 5.15. The molecule has 1 aromatic heterocycles. The van der Waals surface area contributed by atoms with Crippen LogP contribution < -0.4 is 0 Å². The molecule has 14 heavy (non-hydrogen) atoms. The molecule has 4 nitrogen and oxygen atoms in total. The van der Waals surface area contributed by atoms with Crippen LogP contribution in [0.3, 0.4) is 0 Å². The van der Waals surface area contributed by atoms with Gasteiger partial charge in [-0.15, -0.1) is 0 Å². The molecule has 2 rings (SSSR count). The molecule has 0 aliphatic carbocycles. The Morgan fingerprint density at radius 3 is 2.64 bits per heavy atom. The first-order valence-corrected chi connectivity index (χ1v) is 4.34. The van der Waals surface area contributed by atoms with Crippen LogP contribution in [0.25, 0.3) is 11.0 Å². The zero-order chi connectivity index (χ0) is 9.97. The lowest BCUT2D eigenvalue weighted by molar-refractivity contribution is -0.153. The average Bonchev–Trinajstić information content (AvgIpc) is 2.65. The Bertz CT molecular complexity index is 421. The molecule has 0 fully saturated rings.